The van der Waals surface area contributed by atoms with Crippen molar-refractivity contribution in [3.05, 3.63) is 11.6 Å². The van der Waals surface area contributed by atoms with E-state index >= 15 is 0 Å². The van der Waals surface area contributed by atoms with Crippen molar-refractivity contribution in [3.63, 3.8) is 0 Å². The van der Waals surface area contributed by atoms with E-state index in [1.54, 1.807) is 0 Å². The molecule has 0 bridgehead atoms. The van der Waals surface area contributed by atoms with Crippen molar-refractivity contribution in [2.45, 2.75) is 20.3 Å². The van der Waals surface area contributed by atoms with Crippen LogP contribution in [-0.2, 0) is 0 Å². The van der Waals surface area contributed by atoms with Crippen LogP contribution in [0.15, 0.2) is 16.6 Å². The second-order valence-electron chi connectivity index (χ2n) is 3.71. The van der Waals surface area contributed by atoms with Gasteiger partial charge in [0.2, 0.25) is 0 Å². The molecule has 0 saturated heterocycles. The molecular weight excluding hydrogens is 179 g/mol. The van der Waals surface area contributed by atoms with Crippen LogP contribution in [0.5, 0.6) is 0 Å². The lowest BCUT2D eigenvalue weighted by Gasteiger charge is -2.19. The Morgan fingerprint density at radius 3 is 2.77 bits per heavy atom. The third-order valence-corrected chi connectivity index (χ3v) is 3.41. The van der Waals surface area contributed by atoms with Crippen LogP contribution in [0, 0.1) is 5.92 Å². The molecule has 1 unspecified atom stereocenters. The molecule has 0 amide bonds. The molecule has 0 radical (unpaired) electrons. The van der Waals surface area contributed by atoms with Crippen LogP contribution in [0.25, 0.3) is 0 Å². The van der Waals surface area contributed by atoms with Gasteiger partial charge in [0.05, 0.1) is 11.6 Å². The lowest BCUT2D eigenvalue weighted by molar-refractivity contribution is 0.458. The van der Waals surface area contributed by atoms with Crippen LogP contribution < -0.4 is 0 Å². The Morgan fingerprint density at radius 2 is 2.23 bits per heavy atom. The van der Waals surface area contributed by atoms with Crippen molar-refractivity contribution in [3.8, 4) is 0 Å². The standard InChI is InChI=1S/C10H19N2P/c1-8(2)9-5-6-12(3)10(13-4)7-11-9/h7-8,13H,5-6H2,1-4H3. The molecule has 2 nitrogen and oxygen atoms in total. The molecule has 1 aliphatic heterocycles. The largest absolute Gasteiger partial charge is 0.373 e. The summed E-state index contributed by atoms with van der Waals surface area (Å²) < 4.78 is 0. The van der Waals surface area contributed by atoms with E-state index in [1.165, 1.54) is 11.1 Å². The van der Waals surface area contributed by atoms with Gasteiger partial charge in [-0.15, -0.1) is 0 Å². The van der Waals surface area contributed by atoms with Crippen molar-refractivity contribution in [1.82, 2.24) is 4.90 Å². The van der Waals surface area contributed by atoms with Crippen molar-refractivity contribution in [2.24, 2.45) is 10.9 Å². The molecule has 1 heterocycles. The zero-order valence-electron chi connectivity index (χ0n) is 8.96. The Balaban J connectivity index is 2.76. The molecule has 13 heavy (non-hydrogen) atoms. The zero-order chi connectivity index (χ0) is 9.84. The summed E-state index contributed by atoms with van der Waals surface area (Å²) in [5, 5.41) is 0. The number of hydrogen-bond donors (Lipinski definition) is 0. The SMILES string of the molecule is CPC1=CN=C(C(C)C)CCN1C. The predicted octanol–water partition coefficient (Wildman–Crippen LogP) is 2.53. The molecule has 0 aromatic rings. The molecule has 0 N–H and O–H groups in total. The second-order valence-corrected chi connectivity index (χ2v) is 4.72. The monoisotopic (exact) mass is 198 g/mol. The fraction of sp³-hybridized carbons (Fsp3) is 0.700. The molecule has 0 aromatic carbocycles. The zero-order valence-corrected chi connectivity index (χ0v) is 9.96. The first kappa shape index (κ1) is 10.7. The Bertz CT molecular complexity index is 225. The first-order valence-electron chi connectivity index (χ1n) is 4.80. The molecule has 3 heteroatoms. The summed E-state index contributed by atoms with van der Waals surface area (Å²) in [6.45, 7) is 7.75. The van der Waals surface area contributed by atoms with E-state index in [4.69, 9.17) is 0 Å². The van der Waals surface area contributed by atoms with Crippen LogP contribution in [0.2, 0.25) is 0 Å². The van der Waals surface area contributed by atoms with Crippen molar-refractivity contribution >= 4 is 14.3 Å². The third-order valence-electron chi connectivity index (χ3n) is 2.39. The number of hydrogen-bond acceptors (Lipinski definition) is 2. The third kappa shape index (κ3) is 2.80. The normalized spacial score (nSPS) is 19.3. The molecule has 1 rings (SSSR count). The van der Waals surface area contributed by atoms with Crippen LogP contribution >= 0.6 is 8.58 Å². The average molecular weight is 198 g/mol. The highest BCUT2D eigenvalue weighted by molar-refractivity contribution is 7.42. The quantitative estimate of drug-likeness (QED) is 0.622. The van der Waals surface area contributed by atoms with Crippen LogP contribution in [0.4, 0.5) is 0 Å². The van der Waals surface area contributed by atoms with Crippen LogP contribution in [-0.4, -0.2) is 30.9 Å². The molecule has 0 aromatic heterocycles. The maximum absolute atomic E-state index is 4.55. The van der Waals surface area contributed by atoms with Gasteiger partial charge in [-0.2, -0.15) is 0 Å². The summed E-state index contributed by atoms with van der Waals surface area (Å²) >= 11 is 0. The number of nitrogens with zero attached hydrogens (tertiary/aromatic N) is 2. The van der Waals surface area contributed by atoms with Gasteiger partial charge in [0.1, 0.15) is 0 Å². The van der Waals surface area contributed by atoms with Crippen molar-refractivity contribution in [1.29, 1.82) is 0 Å². The summed E-state index contributed by atoms with van der Waals surface area (Å²) in [4.78, 5) is 6.86. The molecule has 0 fully saturated rings. The Labute approximate surface area is 82.9 Å². The van der Waals surface area contributed by atoms with E-state index < -0.39 is 0 Å². The molecule has 0 saturated carbocycles. The maximum Gasteiger partial charge on any atom is 0.0517 e. The predicted molar refractivity (Wildman–Crippen MR) is 61.8 cm³/mol. The molecule has 0 aliphatic carbocycles. The highest BCUT2D eigenvalue weighted by atomic mass is 31.1. The Kier molecular flexibility index (Phi) is 3.92. The fourth-order valence-electron chi connectivity index (χ4n) is 1.40. The van der Waals surface area contributed by atoms with E-state index in [9.17, 15) is 0 Å². The van der Waals surface area contributed by atoms with E-state index in [2.05, 4.69) is 37.5 Å². The first-order valence-corrected chi connectivity index (χ1v) is 6.30. The van der Waals surface area contributed by atoms with Gasteiger partial charge in [-0.1, -0.05) is 22.4 Å². The smallest absolute Gasteiger partial charge is 0.0517 e. The van der Waals surface area contributed by atoms with Gasteiger partial charge in [-0.3, -0.25) is 4.99 Å². The van der Waals surface area contributed by atoms with Gasteiger partial charge in [-0.25, -0.2) is 0 Å². The number of rotatable bonds is 2. The lowest BCUT2D eigenvalue weighted by Crippen LogP contribution is -2.19. The molecular formula is C10H19N2P. The first-order chi connectivity index (χ1) is 6.15. The van der Waals surface area contributed by atoms with Gasteiger partial charge in [0, 0.05) is 25.7 Å². The second kappa shape index (κ2) is 4.76. The summed E-state index contributed by atoms with van der Waals surface area (Å²) in [5.41, 5.74) is 2.70. The minimum Gasteiger partial charge on any atom is -0.373 e. The Morgan fingerprint density at radius 1 is 1.54 bits per heavy atom. The molecule has 0 spiro atoms. The summed E-state index contributed by atoms with van der Waals surface area (Å²) in [6.07, 6.45) is 3.15. The molecule has 74 valence electrons. The van der Waals surface area contributed by atoms with Gasteiger partial charge < -0.3 is 4.90 Å². The molecule has 1 atom stereocenters. The van der Waals surface area contributed by atoms with E-state index in [-0.39, 0.29) is 0 Å². The van der Waals surface area contributed by atoms with Crippen LogP contribution in [0.3, 0.4) is 0 Å². The minimum absolute atomic E-state index is 0.587. The summed E-state index contributed by atoms with van der Waals surface area (Å²) in [5.74, 6) is 0.587. The average Bonchev–Trinajstić information content (AvgIpc) is 2.27. The van der Waals surface area contributed by atoms with Crippen LogP contribution in [0.1, 0.15) is 20.3 Å². The van der Waals surface area contributed by atoms with E-state index in [0.29, 0.717) is 5.92 Å². The number of aliphatic imine (C=N–C) groups is 1. The van der Waals surface area contributed by atoms with Gasteiger partial charge in [-0.05, 0) is 12.6 Å². The summed E-state index contributed by atoms with van der Waals surface area (Å²) in [7, 11) is 3.00. The van der Waals surface area contributed by atoms with Crippen molar-refractivity contribution < 1.29 is 0 Å². The lowest BCUT2D eigenvalue weighted by atomic mass is 10.1. The van der Waals surface area contributed by atoms with Crippen molar-refractivity contribution in [2.75, 3.05) is 20.3 Å². The van der Waals surface area contributed by atoms with E-state index in [0.717, 1.165) is 21.5 Å². The summed E-state index contributed by atoms with van der Waals surface area (Å²) in [6, 6.07) is 0. The fourth-order valence-corrected chi connectivity index (χ4v) is 2.09. The van der Waals surface area contributed by atoms with Gasteiger partial charge in [0.25, 0.3) is 0 Å². The Hall–Kier alpha value is -0.360. The topological polar surface area (TPSA) is 15.6 Å². The highest BCUT2D eigenvalue weighted by Gasteiger charge is 2.11. The highest BCUT2D eigenvalue weighted by Crippen LogP contribution is 2.24. The maximum atomic E-state index is 4.55. The molecule has 1 aliphatic rings. The van der Waals surface area contributed by atoms with Gasteiger partial charge in [0.15, 0.2) is 0 Å². The van der Waals surface area contributed by atoms with Gasteiger partial charge >= 0.3 is 0 Å². The minimum atomic E-state index is 0.587. The van der Waals surface area contributed by atoms with E-state index in [1.807, 2.05) is 6.20 Å².